The maximum Gasteiger partial charge on any atom is 0.305 e. The number of unbranched alkanes of at least 4 members (excludes halogenated alkanes) is 46. The fourth-order valence-corrected chi connectivity index (χ4v) is 9.98. The number of rotatable bonds is 59. The van der Waals surface area contributed by atoms with Crippen LogP contribution in [-0.4, -0.2) is 47.4 Å². The fraction of sp³-hybridized carbons (Fsp3) is 0.937. The molecule has 6 heteroatoms. The van der Waals surface area contributed by atoms with E-state index in [-0.39, 0.29) is 18.5 Å². The van der Waals surface area contributed by atoms with Crippen LogP contribution >= 0.6 is 0 Å². The smallest absolute Gasteiger partial charge is 0.305 e. The summed E-state index contributed by atoms with van der Waals surface area (Å²) in [6, 6.07) is -0.538. The van der Waals surface area contributed by atoms with Crippen LogP contribution in [0.4, 0.5) is 0 Å². The van der Waals surface area contributed by atoms with Crippen molar-refractivity contribution < 1.29 is 24.5 Å². The third-order valence-corrected chi connectivity index (χ3v) is 14.8. The molecule has 3 N–H and O–H groups in total. The van der Waals surface area contributed by atoms with E-state index in [1.807, 2.05) is 0 Å². The van der Waals surface area contributed by atoms with Gasteiger partial charge in [0, 0.05) is 12.8 Å². The van der Waals surface area contributed by atoms with Gasteiger partial charge in [-0.3, -0.25) is 9.59 Å². The lowest BCUT2D eigenvalue weighted by Gasteiger charge is -2.22. The van der Waals surface area contributed by atoms with Crippen LogP contribution in [0, 0.1) is 0 Å². The molecule has 0 saturated carbocycles. The Bertz CT molecular complexity index is 1030. The highest BCUT2D eigenvalue weighted by Crippen LogP contribution is 2.18. The zero-order valence-corrected chi connectivity index (χ0v) is 46.8. The lowest BCUT2D eigenvalue weighted by molar-refractivity contribution is -0.143. The summed E-state index contributed by atoms with van der Waals surface area (Å²) in [6.45, 7) is 4.94. The molecule has 0 aliphatic heterocycles. The van der Waals surface area contributed by atoms with Gasteiger partial charge in [0.25, 0.3) is 0 Å². The molecule has 6 nitrogen and oxygen atoms in total. The van der Waals surface area contributed by atoms with Gasteiger partial charge >= 0.3 is 5.97 Å². The largest absolute Gasteiger partial charge is 0.466 e. The predicted octanol–water partition coefficient (Wildman–Crippen LogP) is 19.6. The fourth-order valence-electron chi connectivity index (χ4n) is 9.98. The number of carbonyl (C=O) groups excluding carboxylic acids is 2. The topological polar surface area (TPSA) is 95.9 Å². The average molecular weight is 975 g/mol. The Morgan fingerprint density at radius 1 is 0.391 bits per heavy atom. The summed E-state index contributed by atoms with van der Waals surface area (Å²) < 4.78 is 5.46. The summed E-state index contributed by atoms with van der Waals surface area (Å²) >= 11 is 0. The third kappa shape index (κ3) is 55.8. The number of aliphatic hydroxyl groups is 2. The second-order valence-electron chi connectivity index (χ2n) is 21.7. The van der Waals surface area contributed by atoms with Crippen molar-refractivity contribution >= 4 is 11.9 Å². The summed E-state index contributed by atoms with van der Waals surface area (Å²) in [6.07, 6.45) is 70.9. The molecule has 410 valence electrons. The highest BCUT2D eigenvalue weighted by molar-refractivity contribution is 5.76. The van der Waals surface area contributed by atoms with Crippen molar-refractivity contribution in [3.63, 3.8) is 0 Å². The van der Waals surface area contributed by atoms with E-state index in [1.165, 1.54) is 276 Å². The van der Waals surface area contributed by atoms with Crippen LogP contribution in [0.15, 0.2) is 12.2 Å². The van der Waals surface area contributed by atoms with E-state index >= 15 is 0 Å². The molecule has 2 unspecified atom stereocenters. The van der Waals surface area contributed by atoms with Crippen LogP contribution in [0.1, 0.15) is 354 Å². The van der Waals surface area contributed by atoms with Gasteiger partial charge in [0.1, 0.15) is 0 Å². The molecule has 69 heavy (non-hydrogen) atoms. The highest BCUT2D eigenvalue weighted by atomic mass is 16.5. The summed E-state index contributed by atoms with van der Waals surface area (Å²) in [5.74, 6) is -0.0235. The van der Waals surface area contributed by atoms with Crippen molar-refractivity contribution in [1.29, 1.82) is 0 Å². The average Bonchev–Trinajstić information content (AvgIpc) is 3.35. The number of amides is 1. The van der Waals surface area contributed by atoms with Gasteiger partial charge in [-0.1, -0.05) is 309 Å². The lowest BCUT2D eigenvalue weighted by atomic mass is 10.0. The van der Waals surface area contributed by atoms with E-state index in [2.05, 4.69) is 31.3 Å². The lowest BCUT2D eigenvalue weighted by Crippen LogP contribution is -2.45. The van der Waals surface area contributed by atoms with E-state index in [1.54, 1.807) is 0 Å². The van der Waals surface area contributed by atoms with Crippen molar-refractivity contribution in [1.82, 2.24) is 5.32 Å². The third-order valence-electron chi connectivity index (χ3n) is 14.8. The maximum atomic E-state index is 12.5. The minimum Gasteiger partial charge on any atom is -0.466 e. The van der Waals surface area contributed by atoms with Crippen LogP contribution in [0.5, 0.6) is 0 Å². The Kier molecular flexibility index (Phi) is 58.0. The Labute approximate surface area is 431 Å². The first-order valence-corrected chi connectivity index (χ1v) is 31.4. The van der Waals surface area contributed by atoms with Gasteiger partial charge < -0.3 is 20.3 Å². The second-order valence-corrected chi connectivity index (χ2v) is 21.7. The number of aliphatic hydroxyl groups excluding tert-OH is 2. The molecule has 0 aromatic heterocycles. The van der Waals surface area contributed by atoms with Crippen molar-refractivity contribution in [2.75, 3.05) is 13.2 Å². The molecule has 0 aromatic carbocycles. The van der Waals surface area contributed by atoms with Gasteiger partial charge in [0.2, 0.25) is 5.91 Å². The zero-order chi connectivity index (χ0) is 50.0. The summed E-state index contributed by atoms with van der Waals surface area (Å²) in [5.41, 5.74) is 0. The molecule has 0 heterocycles. The van der Waals surface area contributed by atoms with E-state index in [9.17, 15) is 19.8 Å². The first-order valence-electron chi connectivity index (χ1n) is 31.4. The van der Waals surface area contributed by atoms with Gasteiger partial charge in [-0.25, -0.2) is 0 Å². The van der Waals surface area contributed by atoms with Crippen LogP contribution in [0.25, 0.3) is 0 Å². The maximum absolute atomic E-state index is 12.5. The molecule has 0 aromatic rings. The van der Waals surface area contributed by atoms with Crippen molar-refractivity contribution in [2.45, 2.75) is 366 Å². The molecule has 0 radical (unpaired) electrons. The van der Waals surface area contributed by atoms with Gasteiger partial charge in [-0.2, -0.15) is 0 Å². The minimum atomic E-state index is -0.661. The number of carbonyl (C=O) groups is 2. The molecule has 0 aliphatic rings. The summed E-state index contributed by atoms with van der Waals surface area (Å²) in [5, 5.41) is 23.3. The Morgan fingerprint density at radius 3 is 1.07 bits per heavy atom. The molecular weight excluding hydrogens is 851 g/mol. The van der Waals surface area contributed by atoms with Gasteiger partial charge in [-0.15, -0.1) is 0 Å². The number of nitrogens with one attached hydrogen (secondary N) is 1. The van der Waals surface area contributed by atoms with E-state index in [0.717, 1.165) is 44.9 Å². The van der Waals surface area contributed by atoms with Gasteiger partial charge in [-0.05, 0) is 44.9 Å². The van der Waals surface area contributed by atoms with E-state index in [0.29, 0.717) is 25.9 Å². The standard InChI is InChI=1S/C63H123NO5/c1-3-5-7-9-11-13-15-16-29-32-36-39-43-47-51-55-61(66)60(59-65)64-62(67)56-52-48-44-40-37-33-30-27-25-23-21-19-17-18-20-22-24-26-28-31-34-38-42-46-50-54-58-69-63(68)57-53-49-45-41-35-14-12-10-8-6-4-2/h10,12,60-61,65-66H,3-9,11,13-59H2,1-2H3,(H,64,67)/b12-10-. The first kappa shape index (κ1) is 67.6. The van der Waals surface area contributed by atoms with Crippen LogP contribution in [-0.2, 0) is 14.3 Å². The molecule has 0 rings (SSSR count). The van der Waals surface area contributed by atoms with Crippen LogP contribution in [0.2, 0.25) is 0 Å². The molecular formula is C63H123NO5. The van der Waals surface area contributed by atoms with Crippen LogP contribution in [0.3, 0.4) is 0 Å². The van der Waals surface area contributed by atoms with Gasteiger partial charge in [0.05, 0.1) is 25.4 Å². The van der Waals surface area contributed by atoms with Crippen molar-refractivity contribution in [3.8, 4) is 0 Å². The van der Waals surface area contributed by atoms with E-state index in [4.69, 9.17) is 4.74 Å². The number of ether oxygens (including phenoxy) is 1. The SMILES string of the molecule is CCCC/C=C\CCCCCCCC(=O)OCCCCCCCCCCCCCCCCCCCCCCCCCCCCC(=O)NC(CO)C(O)CCCCCCCCCCCCCCCCC. The molecule has 2 atom stereocenters. The number of esters is 1. The van der Waals surface area contributed by atoms with Crippen molar-refractivity contribution in [3.05, 3.63) is 12.2 Å². The van der Waals surface area contributed by atoms with Crippen molar-refractivity contribution in [2.24, 2.45) is 0 Å². The van der Waals surface area contributed by atoms with Gasteiger partial charge in [0.15, 0.2) is 0 Å². The minimum absolute atomic E-state index is 0.00668. The number of allylic oxidation sites excluding steroid dienone is 2. The Balaban J connectivity index is 3.35. The number of hydrogen-bond donors (Lipinski definition) is 3. The zero-order valence-electron chi connectivity index (χ0n) is 46.8. The quantitative estimate of drug-likeness (QED) is 0.0321. The first-order chi connectivity index (χ1) is 34.0. The predicted molar refractivity (Wildman–Crippen MR) is 301 cm³/mol. The highest BCUT2D eigenvalue weighted by Gasteiger charge is 2.20. The summed E-state index contributed by atoms with van der Waals surface area (Å²) in [7, 11) is 0. The normalized spacial score (nSPS) is 12.6. The molecule has 0 saturated heterocycles. The van der Waals surface area contributed by atoms with Crippen LogP contribution < -0.4 is 5.32 Å². The molecule has 0 spiro atoms. The molecule has 0 aliphatic carbocycles. The molecule has 0 fully saturated rings. The summed E-state index contributed by atoms with van der Waals surface area (Å²) in [4.78, 5) is 24.5. The monoisotopic (exact) mass is 974 g/mol. The van der Waals surface area contributed by atoms with E-state index < -0.39 is 12.1 Å². The second kappa shape index (κ2) is 59.2. The molecule has 0 bridgehead atoms. The Hall–Kier alpha value is -1.40. The molecule has 1 amide bonds. The Morgan fingerprint density at radius 2 is 0.696 bits per heavy atom. The number of hydrogen-bond acceptors (Lipinski definition) is 5.